The molecule has 56 heavy (non-hydrogen) atoms. The van der Waals surface area contributed by atoms with E-state index in [1.165, 1.54) is 42.5 Å². The third-order valence-electron chi connectivity index (χ3n) is 9.48. The van der Waals surface area contributed by atoms with Crippen molar-refractivity contribution in [2.24, 2.45) is 0 Å². The van der Waals surface area contributed by atoms with E-state index < -0.39 is 17.4 Å². The number of hydrogen-bond acceptors (Lipinski definition) is 11. The summed E-state index contributed by atoms with van der Waals surface area (Å²) in [5, 5.41) is 33.7. The van der Waals surface area contributed by atoms with Crippen molar-refractivity contribution in [2.75, 3.05) is 17.2 Å². The number of carbonyl (C=O) groups excluding carboxylic acids is 2. The molecule has 0 atom stereocenters. The van der Waals surface area contributed by atoms with Crippen molar-refractivity contribution in [2.45, 2.75) is 38.2 Å². The lowest BCUT2D eigenvalue weighted by Crippen LogP contribution is -2.33. The van der Waals surface area contributed by atoms with Crippen molar-refractivity contribution < 1.29 is 38.2 Å². The number of fused-ring (bicyclic) bond motifs is 6. The van der Waals surface area contributed by atoms with Crippen LogP contribution in [-0.4, -0.2) is 48.9 Å². The lowest BCUT2D eigenvalue weighted by Gasteiger charge is -2.36. The van der Waals surface area contributed by atoms with Gasteiger partial charge >= 0.3 is 5.97 Å². The highest BCUT2D eigenvalue weighted by atomic mass is 32.1. The van der Waals surface area contributed by atoms with E-state index in [4.69, 9.17) is 26.2 Å². The number of hydrogen-bond donors (Lipinski definition) is 5. The molecule has 2 aromatic heterocycles. The first-order valence-corrected chi connectivity index (χ1v) is 18.1. The Morgan fingerprint density at radius 1 is 0.857 bits per heavy atom. The number of aromatic nitrogens is 3. The summed E-state index contributed by atoms with van der Waals surface area (Å²) in [6.07, 6.45) is 3.84. The van der Waals surface area contributed by atoms with Crippen molar-refractivity contribution in [3.05, 3.63) is 125 Å². The van der Waals surface area contributed by atoms with Crippen LogP contribution in [0, 0.1) is 12.7 Å². The molecule has 4 aromatic carbocycles. The van der Waals surface area contributed by atoms with Crippen LogP contribution in [-0.2, 0) is 15.1 Å². The van der Waals surface area contributed by atoms with Gasteiger partial charge in [0.25, 0.3) is 5.89 Å². The number of phenols is 2. The molecule has 6 aromatic rings. The largest absolute Gasteiger partial charge is 0.508 e. The minimum absolute atomic E-state index is 0.0260. The maximum absolute atomic E-state index is 14.2. The smallest absolute Gasteiger partial charge is 0.340 e. The van der Waals surface area contributed by atoms with Crippen molar-refractivity contribution in [3.8, 4) is 45.8 Å². The summed E-state index contributed by atoms with van der Waals surface area (Å²) in [5.74, 6) is -0.370. The molecule has 1 spiro atoms. The number of rotatable bonds is 10. The maximum Gasteiger partial charge on any atom is 0.340 e. The van der Waals surface area contributed by atoms with Gasteiger partial charge in [-0.2, -0.15) is 4.98 Å². The van der Waals surface area contributed by atoms with E-state index in [1.807, 2.05) is 19.1 Å². The molecule has 0 fully saturated rings. The number of unbranched alkanes of at least 4 members (excludes halogenated alkanes) is 2. The second-order valence-electron chi connectivity index (χ2n) is 13.3. The highest BCUT2D eigenvalue weighted by Crippen LogP contribution is 2.57. The van der Waals surface area contributed by atoms with Gasteiger partial charge in [-0.25, -0.2) is 9.18 Å². The summed E-state index contributed by atoms with van der Waals surface area (Å²) in [6.45, 7) is 2.40. The average molecular weight is 773 g/mol. The zero-order chi connectivity index (χ0) is 39.0. The van der Waals surface area contributed by atoms with E-state index in [0.29, 0.717) is 87.3 Å². The number of benzene rings is 4. The first-order chi connectivity index (χ1) is 27.1. The Kier molecular flexibility index (Phi) is 9.52. The zero-order valence-electron chi connectivity index (χ0n) is 29.8. The molecule has 1 amide bonds. The number of carbonyl (C=O) groups is 2. The molecule has 2 aliphatic rings. The fraction of sp³-hybridized carbons (Fsp3) is 0.171. The van der Waals surface area contributed by atoms with Crippen molar-refractivity contribution in [3.63, 3.8) is 0 Å². The van der Waals surface area contributed by atoms with Gasteiger partial charge in [0.05, 0.1) is 16.8 Å². The lowest BCUT2D eigenvalue weighted by atomic mass is 9.77. The van der Waals surface area contributed by atoms with E-state index in [0.717, 1.165) is 5.69 Å². The van der Waals surface area contributed by atoms with Crippen LogP contribution in [0.2, 0.25) is 0 Å². The summed E-state index contributed by atoms with van der Waals surface area (Å²) < 4.78 is 31.8. The first-order valence-electron chi connectivity index (χ1n) is 17.7. The van der Waals surface area contributed by atoms with Gasteiger partial charge in [-0.15, -0.1) is 0 Å². The molecular formula is C41H33FN6O7S. The molecule has 13 nitrogen and oxygen atoms in total. The maximum atomic E-state index is 14.2. The summed E-state index contributed by atoms with van der Waals surface area (Å²) in [4.78, 5) is 34.9. The van der Waals surface area contributed by atoms with Crippen molar-refractivity contribution in [1.29, 1.82) is 0 Å². The molecule has 8 rings (SSSR count). The van der Waals surface area contributed by atoms with Crippen LogP contribution in [0.25, 0.3) is 22.8 Å². The van der Waals surface area contributed by atoms with E-state index in [2.05, 4.69) is 31.1 Å². The highest BCUT2D eigenvalue weighted by Gasteiger charge is 2.53. The van der Waals surface area contributed by atoms with Gasteiger partial charge in [-0.1, -0.05) is 17.6 Å². The van der Waals surface area contributed by atoms with Crippen LogP contribution in [0.15, 0.2) is 95.6 Å². The Hall–Kier alpha value is -6.87. The molecule has 0 aliphatic carbocycles. The van der Waals surface area contributed by atoms with Crippen LogP contribution in [0.3, 0.4) is 0 Å². The van der Waals surface area contributed by atoms with Gasteiger partial charge < -0.3 is 40.2 Å². The summed E-state index contributed by atoms with van der Waals surface area (Å²) in [5.41, 5.74) is 3.29. The standard InChI is InChI=1S/C41H33FN6O7S/c1-22-6-7-23(21-44-22)37-47-38(55-48-37)28-12-8-24(42)17-33(28)46-36(51)5-3-2-4-16-43-40(56)45-25-9-13-30-29(18-25)39(52)54-41(30)31-14-10-26(49)19-34(31)53-35-20-27(50)11-15-32(35)41/h6-15,17-21,49-50H,2-5,16H2,1H3,(H,46,51)(H2,43,45,56). The molecule has 282 valence electrons. The third-order valence-corrected chi connectivity index (χ3v) is 9.73. The fourth-order valence-corrected chi connectivity index (χ4v) is 7.04. The molecule has 0 radical (unpaired) electrons. The quantitative estimate of drug-likeness (QED) is 0.0520. The molecule has 0 saturated carbocycles. The number of aryl methyl sites for hydroxylation is 1. The number of esters is 1. The number of pyridine rings is 1. The molecule has 2 aliphatic heterocycles. The summed E-state index contributed by atoms with van der Waals surface area (Å²) >= 11 is 5.51. The second-order valence-corrected chi connectivity index (χ2v) is 13.7. The number of phenolic OH excluding ortho intramolecular Hbond substituents is 2. The summed E-state index contributed by atoms with van der Waals surface area (Å²) in [7, 11) is 0. The topological polar surface area (TPSA) is 181 Å². The monoisotopic (exact) mass is 772 g/mol. The van der Waals surface area contributed by atoms with Gasteiger partial charge in [-0.3, -0.25) is 9.78 Å². The number of aromatic hydroxyl groups is 2. The molecular weight excluding hydrogens is 740 g/mol. The number of nitrogens with zero attached hydrogens (tertiary/aromatic N) is 3. The SMILES string of the molecule is Cc1ccc(-c2noc(-c3ccc(F)cc3NC(=O)CCCCCNC(=S)Nc3ccc4c(c3)C(=O)OC43c4ccc(O)cc4Oc4cc(O)ccc43)n2)cn1. The Morgan fingerprint density at radius 2 is 1.61 bits per heavy atom. The van der Waals surface area contributed by atoms with Crippen LogP contribution in [0.4, 0.5) is 15.8 Å². The summed E-state index contributed by atoms with van der Waals surface area (Å²) in [6, 6.07) is 22.0. The van der Waals surface area contributed by atoms with Crippen molar-refractivity contribution >= 4 is 40.6 Å². The minimum Gasteiger partial charge on any atom is -0.508 e. The molecule has 0 saturated heterocycles. The number of nitrogens with one attached hydrogen (secondary N) is 3. The zero-order valence-corrected chi connectivity index (χ0v) is 30.6. The predicted molar refractivity (Wildman–Crippen MR) is 207 cm³/mol. The number of amides is 1. The van der Waals surface area contributed by atoms with E-state index in [1.54, 1.807) is 36.5 Å². The van der Waals surface area contributed by atoms with Crippen LogP contribution >= 0.6 is 12.2 Å². The normalized spacial score (nSPS) is 13.2. The molecule has 15 heteroatoms. The third kappa shape index (κ3) is 6.95. The minimum atomic E-state index is -1.36. The number of anilines is 2. The molecule has 0 unspecified atom stereocenters. The molecule has 4 heterocycles. The van der Waals surface area contributed by atoms with Gasteiger partial charge in [0.2, 0.25) is 11.7 Å². The predicted octanol–water partition coefficient (Wildman–Crippen LogP) is 7.71. The average Bonchev–Trinajstić information content (AvgIpc) is 3.76. The van der Waals surface area contributed by atoms with Crippen LogP contribution < -0.4 is 20.7 Å². The Bertz CT molecular complexity index is 2470. The second kappa shape index (κ2) is 14.8. The van der Waals surface area contributed by atoms with Gasteiger partial charge in [0, 0.05) is 64.9 Å². The van der Waals surface area contributed by atoms with Crippen LogP contribution in [0.5, 0.6) is 23.0 Å². The van der Waals surface area contributed by atoms with Gasteiger partial charge in [0.15, 0.2) is 10.7 Å². The van der Waals surface area contributed by atoms with Crippen LogP contribution in [0.1, 0.15) is 58.4 Å². The lowest BCUT2D eigenvalue weighted by molar-refractivity contribution is -0.116. The van der Waals surface area contributed by atoms with E-state index in [-0.39, 0.29) is 35.4 Å². The Balaban J connectivity index is 0.843. The molecule has 5 N–H and O–H groups in total. The Morgan fingerprint density at radius 3 is 2.34 bits per heavy atom. The van der Waals surface area contributed by atoms with E-state index in [9.17, 15) is 24.2 Å². The Labute approximate surface area is 324 Å². The van der Waals surface area contributed by atoms with Gasteiger partial charge in [0.1, 0.15) is 28.8 Å². The van der Waals surface area contributed by atoms with E-state index >= 15 is 0 Å². The van der Waals surface area contributed by atoms with Gasteiger partial charge in [-0.05, 0) is 98.7 Å². The van der Waals surface area contributed by atoms with Crippen molar-refractivity contribution in [1.82, 2.24) is 20.4 Å². The number of ether oxygens (including phenoxy) is 2. The first kappa shape index (κ1) is 36.1. The highest BCUT2D eigenvalue weighted by molar-refractivity contribution is 7.80. The fourth-order valence-electron chi connectivity index (χ4n) is 6.82. The number of thiocarbonyl (C=S) groups is 1. The molecule has 0 bridgehead atoms. The number of halogens is 1.